The molecule has 0 aliphatic rings. The number of benzene rings is 2. The summed E-state index contributed by atoms with van der Waals surface area (Å²) in [4.78, 5) is 13.2. The third kappa shape index (κ3) is 3.65. The molecule has 0 aliphatic heterocycles. The first kappa shape index (κ1) is 17.8. The number of nitro groups is 1. The molecular weight excluding hydrogens is 363 g/mol. The molecular formula is C16H15FN4O4S. The third-order valence-electron chi connectivity index (χ3n) is 3.93. The molecule has 3 rings (SSSR count). The molecule has 1 heterocycles. The maximum Gasteiger partial charge on any atom is 0.293 e. The van der Waals surface area contributed by atoms with Crippen LogP contribution in [0.3, 0.4) is 0 Å². The summed E-state index contributed by atoms with van der Waals surface area (Å²) in [5.74, 6) is -0.338. The highest BCUT2D eigenvalue weighted by molar-refractivity contribution is 7.89. The summed E-state index contributed by atoms with van der Waals surface area (Å²) >= 11 is 0. The smallest absolute Gasteiger partial charge is 0.293 e. The number of nitrogens with zero attached hydrogens (tertiary/aromatic N) is 1. The summed E-state index contributed by atoms with van der Waals surface area (Å²) in [7, 11) is -4.03. The highest BCUT2D eigenvalue weighted by Gasteiger charge is 2.19. The largest absolute Gasteiger partial charge is 0.379 e. The van der Waals surface area contributed by atoms with E-state index in [1.807, 2.05) is 0 Å². The molecule has 2 aromatic carbocycles. The van der Waals surface area contributed by atoms with Crippen molar-refractivity contribution in [1.29, 1.82) is 0 Å². The van der Waals surface area contributed by atoms with Crippen LogP contribution in [0.25, 0.3) is 10.9 Å². The van der Waals surface area contributed by atoms with Crippen molar-refractivity contribution in [1.82, 2.24) is 4.98 Å². The molecule has 0 aliphatic carbocycles. The third-order valence-corrected chi connectivity index (χ3v) is 4.84. The number of hydrogen-bond acceptors (Lipinski definition) is 5. The van der Waals surface area contributed by atoms with Crippen LogP contribution in [0.4, 0.5) is 15.8 Å². The highest BCUT2D eigenvalue weighted by atomic mass is 32.2. The van der Waals surface area contributed by atoms with Gasteiger partial charge in [0, 0.05) is 29.7 Å². The molecule has 0 bridgehead atoms. The highest BCUT2D eigenvalue weighted by Crippen LogP contribution is 2.27. The second-order valence-electron chi connectivity index (χ2n) is 5.66. The van der Waals surface area contributed by atoms with Gasteiger partial charge in [0.1, 0.15) is 11.5 Å². The van der Waals surface area contributed by atoms with Gasteiger partial charge in [-0.05, 0) is 42.3 Å². The van der Waals surface area contributed by atoms with Crippen LogP contribution in [0.15, 0.2) is 47.5 Å². The Balaban J connectivity index is 1.77. The van der Waals surface area contributed by atoms with Crippen LogP contribution in [-0.4, -0.2) is 24.9 Å². The molecule has 10 heteroatoms. The van der Waals surface area contributed by atoms with Crippen LogP contribution in [0.5, 0.6) is 0 Å². The Morgan fingerprint density at radius 3 is 2.69 bits per heavy atom. The predicted octanol–water partition coefficient (Wildman–Crippen LogP) is 2.52. The van der Waals surface area contributed by atoms with E-state index in [-0.39, 0.29) is 22.1 Å². The number of primary sulfonamides is 1. The van der Waals surface area contributed by atoms with Crippen molar-refractivity contribution >= 4 is 32.3 Å². The topological polar surface area (TPSA) is 131 Å². The number of hydrogen-bond donors (Lipinski definition) is 3. The minimum absolute atomic E-state index is 0.188. The van der Waals surface area contributed by atoms with Crippen LogP contribution in [0.1, 0.15) is 5.56 Å². The van der Waals surface area contributed by atoms with E-state index in [1.165, 1.54) is 24.3 Å². The minimum Gasteiger partial charge on any atom is -0.379 e. The van der Waals surface area contributed by atoms with Gasteiger partial charge in [0.05, 0.1) is 9.82 Å². The van der Waals surface area contributed by atoms with Crippen molar-refractivity contribution < 1.29 is 17.7 Å². The zero-order chi connectivity index (χ0) is 18.9. The van der Waals surface area contributed by atoms with Gasteiger partial charge in [-0.15, -0.1) is 0 Å². The Hall–Kier alpha value is -2.98. The number of fused-ring (bicyclic) bond motifs is 1. The number of nitrogens with two attached hydrogens (primary N) is 1. The van der Waals surface area contributed by atoms with E-state index in [2.05, 4.69) is 10.3 Å². The summed E-state index contributed by atoms with van der Waals surface area (Å²) in [6.45, 7) is 0.361. The summed E-state index contributed by atoms with van der Waals surface area (Å²) in [5.41, 5.74) is 1.41. The summed E-state index contributed by atoms with van der Waals surface area (Å²) in [6.07, 6.45) is 2.28. The minimum atomic E-state index is -4.03. The van der Waals surface area contributed by atoms with Crippen molar-refractivity contribution in [2.45, 2.75) is 11.3 Å². The van der Waals surface area contributed by atoms with Crippen LogP contribution >= 0.6 is 0 Å². The molecule has 3 aromatic rings. The van der Waals surface area contributed by atoms with Crippen molar-refractivity contribution in [3.8, 4) is 0 Å². The van der Waals surface area contributed by atoms with Gasteiger partial charge in [0.2, 0.25) is 10.0 Å². The molecule has 0 radical (unpaired) electrons. The Morgan fingerprint density at radius 2 is 2.00 bits per heavy atom. The zero-order valence-electron chi connectivity index (χ0n) is 13.4. The average Bonchev–Trinajstić information content (AvgIpc) is 2.96. The van der Waals surface area contributed by atoms with Crippen LogP contribution in [-0.2, 0) is 16.4 Å². The first-order chi connectivity index (χ1) is 12.3. The molecule has 0 unspecified atom stereocenters. The maximum atomic E-state index is 13.2. The molecule has 1 aromatic heterocycles. The van der Waals surface area contributed by atoms with Gasteiger partial charge < -0.3 is 10.3 Å². The lowest BCUT2D eigenvalue weighted by atomic mass is 10.1. The first-order valence-electron chi connectivity index (χ1n) is 7.56. The van der Waals surface area contributed by atoms with Gasteiger partial charge in [-0.3, -0.25) is 10.1 Å². The van der Waals surface area contributed by atoms with E-state index in [9.17, 15) is 22.9 Å². The van der Waals surface area contributed by atoms with E-state index in [1.54, 1.807) is 12.3 Å². The fourth-order valence-corrected chi connectivity index (χ4v) is 3.22. The number of sulfonamides is 1. The fourth-order valence-electron chi connectivity index (χ4n) is 2.69. The maximum absolute atomic E-state index is 13.2. The molecule has 0 spiro atoms. The van der Waals surface area contributed by atoms with E-state index in [0.717, 1.165) is 17.0 Å². The second-order valence-corrected chi connectivity index (χ2v) is 7.22. The van der Waals surface area contributed by atoms with E-state index in [4.69, 9.17) is 5.14 Å². The van der Waals surface area contributed by atoms with Crippen molar-refractivity contribution in [2.24, 2.45) is 5.14 Å². The molecule has 0 saturated carbocycles. The van der Waals surface area contributed by atoms with Gasteiger partial charge in [-0.2, -0.15) is 0 Å². The number of aromatic amines is 1. The first-order valence-corrected chi connectivity index (χ1v) is 9.11. The van der Waals surface area contributed by atoms with Crippen molar-refractivity contribution in [3.05, 3.63) is 64.1 Å². The number of rotatable bonds is 6. The van der Waals surface area contributed by atoms with Gasteiger partial charge >= 0.3 is 0 Å². The monoisotopic (exact) mass is 378 g/mol. The Bertz CT molecular complexity index is 1090. The Morgan fingerprint density at radius 1 is 1.23 bits per heavy atom. The number of nitro benzene ring substituents is 1. The quantitative estimate of drug-likeness (QED) is 0.448. The summed E-state index contributed by atoms with van der Waals surface area (Å²) in [5, 5.41) is 20.0. The molecule has 0 atom stereocenters. The number of aromatic nitrogens is 1. The molecule has 8 nitrogen and oxygen atoms in total. The van der Waals surface area contributed by atoms with Gasteiger partial charge in [-0.1, -0.05) is 0 Å². The van der Waals surface area contributed by atoms with Gasteiger partial charge in [0.15, 0.2) is 0 Å². The molecule has 26 heavy (non-hydrogen) atoms. The van der Waals surface area contributed by atoms with E-state index in [0.29, 0.717) is 18.5 Å². The number of halogens is 1. The Labute approximate surface area is 148 Å². The lowest BCUT2D eigenvalue weighted by Crippen LogP contribution is -2.13. The van der Waals surface area contributed by atoms with Crippen molar-refractivity contribution in [3.63, 3.8) is 0 Å². The van der Waals surface area contributed by atoms with Crippen LogP contribution in [0.2, 0.25) is 0 Å². The normalized spacial score (nSPS) is 11.6. The SMILES string of the molecule is NS(=O)(=O)c1ccc(NCCc2c[nH]c3cc(F)ccc23)c([N+](=O)[O-])c1. The predicted molar refractivity (Wildman–Crippen MR) is 94.9 cm³/mol. The lowest BCUT2D eigenvalue weighted by Gasteiger charge is -2.08. The molecule has 0 amide bonds. The second kappa shape index (κ2) is 6.73. The average molecular weight is 378 g/mol. The standard InChI is InChI=1S/C16H15FN4O4S/c17-11-1-3-13-10(9-20-15(13)7-11)5-6-19-14-4-2-12(26(18,24)25)8-16(14)21(22)23/h1-4,7-9,19-20H,5-6H2,(H2,18,24,25). The molecule has 4 N–H and O–H groups in total. The molecule has 0 saturated heterocycles. The number of nitrogens with one attached hydrogen (secondary N) is 2. The fraction of sp³-hybridized carbons (Fsp3) is 0.125. The van der Waals surface area contributed by atoms with Crippen LogP contribution < -0.4 is 10.5 Å². The zero-order valence-corrected chi connectivity index (χ0v) is 14.2. The number of anilines is 1. The number of H-pyrrole nitrogens is 1. The molecule has 0 fully saturated rings. The Kier molecular flexibility index (Phi) is 4.62. The molecule has 136 valence electrons. The summed E-state index contributed by atoms with van der Waals surface area (Å²) < 4.78 is 35.9. The van der Waals surface area contributed by atoms with Crippen LogP contribution in [0, 0.1) is 15.9 Å². The lowest BCUT2D eigenvalue weighted by molar-refractivity contribution is -0.384. The van der Waals surface area contributed by atoms with E-state index >= 15 is 0 Å². The van der Waals surface area contributed by atoms with Gasteiger partial charge in [-0.25, -0.2) is 17.9 Å². The van der Waals surface area contributed by atoms with Gasteiger partial charge in [0.25, 0.3) is 5.69 Å². The van der Waals surface area contributed by atoms with E-state index < -0.39 is 14.9 Å². The van der Waals surface area contributed by atoms with Crippen molar-refractivity contribution in [2.75, 3.05) is 11.9 Å². The summed E-state index contributed by atoms with van der Waals surface area (Å²) in [6, 6.07) is 7.86.